The number of amides is 1. The average Bonchev–Trinajstić information content (AvgIpc) is 3.16. The average molecular weight is 360 g/mol. The maximum absolute atomic E-state index is 12.3. The Morgan fingerprint density at radius 1 is 1.12 bits per heavy atom. The lowest BCUT2D eigenvalue weighted by molar-refractivity contribution is -0.132. The zero-order valence-electron chi connectivity index (χ0n) is 14.4. The molecule has 7 nitrogen and oxygen atoms in total. The third-order valence-corrected chi connectivity index (χ3v) is 5.84. The zero-order valence-corrected chi connectivity index (χ0v) is 15.2. The van der Waals surface area contributed by atoms with E-state index in [-0.39, 0.29) is 0 Å². The van der Waals surface area contributed by atoms with Gasteiger partial charge in [0.15, 0.2) is 0 Å². The largest absolute Gasteiger partial charge is 0.353 e. The lowest BCUT2D eigenvalue weighted by Crippen LogP contribution is -2.49. The molecule has 0 atom stereocenters. The van der Waals surface area contributed by atoms with Gasteiger partial charge in [0.05, 0.1) is 5.39 Å². The molecule has 1 amide bonds. The van der Waals surface area contributed by atoms with Gasteiger partial charge in [-0.25, -0.2) is 9.97 Å². The Hall–Kier alpha value is -1.77. The number of carbonyl (C=O) groups is 1. The number of anilines is 1. The fourth-order valence-electron chi connectivity index (χ4n) is 3.54. The second-order valence-electron chi connectivity index (χ2n) is 6.55. The lowest BCUT2D eigenvalue weighted by Gasteiger charge is -2.36. The maximum atomic E-state index is 12.3. The standard InChI is InChI=1S/C17H24N6OS/c24-15(22-6-3-18-4-7-22)1-5-21-8-10-23(11-9-21)16-14-2-12-25-17(14)20-13-19-16/h2,12-13,18H,1,3-11H2. The first-order chi connectivity index (χ1) is 12.3. The Kier molecular flexibility index (Phi) is 5.09. The molecule has 0 saturated carbocycles. The Bertz CT molecular complexity index is 721. The van der Waals surface area contributed by atoms with Crippen molar-refractivity contribution in [3.8, 4) is 0 Å². The van der Waals surface area contributed by atoms with Crippen molar-refractivity contribution in [1.82, 2.24) is 25.1 Å². The van der Waals surface area contributed by atoms with E-state index in [1.165, 1.54) is 0 Å². The van der Waals surface area contributed by atoms with Gasteiger partial charge >= 0.3 is 0 Å². The van der Waals surface area contributed by atoms with Gasteiger partial charge in [0.1, 0.15) is 17.0 Å². The van der Waals surface area contributed by atoms with Crippen LogP contribution in [0.2, 0.25) is 0 Å². The fourth-order valence-corrected chi connectivity index (χ4v) is 4.27. The number of carbonyl (C=O) groups excluding carboxylic acids is 1. The van der Waals surface area contributed by atoms with Crippen molar-refractivity contribution in [2.45, 2.75) is 6.42 Å². The van der Waals surface area contributed by atoms with Crippen LogP contribution in [-0.2, 0) is 4.79 Å². The summed E-state index contributed by atoms with van der Waals surface area (Å²) in [6.45, 7) is 8.23. The van der Waals surface area contributed by atoms with Crippen molar-refractivity contribution in [1.29, 1.82) is 0 Å². The molecule has 0 aliphatic carbocycles. The van der Waals surface area contributed by atoms with Crippen LogP contribution in [0.3, 0.4) is 0 Å². The molecule has 2 aliphatic heterocycles. The minimum atomic E-state index is 0.291. The van der Waals surface area contributed by atoms with Crippen LogP contribution in [0.15, 0.2) is 17.8 Å². The molecule has 0 unspecified atom stereocenters. The molecule has 2 fully saturated rings. The van der Waals surface area contributed by atoms with E-state index in [1.54, 1.807) is 17.7 Å². The molecule has 0 aromatic carbocycles. The molecule has 8 heteroatoms. The van der Waals surface area contributed by atoms with E-state index in [9.17, 15) is 4.79 Å². The summed E-state index contributed by atoms with van der Waals surface area (Å²) in [4.78, 5) is 28.9. The third-order valence-electron chi connectivity index (χ3n) is 5.02. The van der Waals surface area contributed by atoms with Crippen LogP contribution in [0.5, 0.6) is 0 Å². The van der Waals surface area contributed by atoms with Gasteiger partial charge in [0.25, 0.3) is 0 Å². The van der Waals surface area contributed by atoms with E-state index < -0.39 is 0 Å². The van der Waals surface area contributed by atoms with Crippen molar-refractivity contribution >= 4 is 33.3 Å². The second kappa shape index (κ2) is 7.63. The Morgan fingerprint density at radius 2 is 1.92 bits per heavy atom. The molecule has 1 N–H and O–H groups in total. The molecule has 0 bridgehead atoms. The number of hydrogen-bond acceptors (Lipinski definition) is 7. The predicted octanol–water partition coefficient (Wildman–Crippen LogP) is 0.635. The van der Waals surface area contributed by atoms with Gasteiger partial charge in [-0.1, -0.05) is 0 Å². The normalized spacial score (nSPS) is 19.5. The third kappa shape index (κ3) is 3.75. The van der Waals surface area contributed by atoms with Crippen LogP contribution in [0, 0.1) is 0 Å². The van der Waals surface area contributed by atoms with E-state index in [2.05, 4.69) is 36.5 Å². The van der Waals surface area contributed by atoms with Gasteiger partial charge in [-0.15, -0.1) is 11.3 Å². The summed E-state index contributed by atoms with van der Waals surface area (Å²) >= 11 is 1.66. The lowest BCUT2D eigenvalue weighted by atomic mass is 10.2. The summed E-state index contributed by atoms with van der Waals surface area (Å²) in [6.07, 6.45) is 2.29. The summed E-state index contributed by atoms with van der Waals surface area (Å²) in [6, 6.07) is 2.11. The molecular formula is C17H24N6OS. The first kappa shape index (κ1) is 16.7. The minimum absolute atomic E-state index is 0.291. The molecule has 25 heavy (non-hydrogen) atoms. The first-order valence-corrected chi connectivity index (χ1v) is 9.83. The highest BCUT2D eigenvalue weighted by Crippen LogP contribution is 2.27. The topological polar surface area (TPSA) is 64.6 Å². The molecule has 0 spiro atoms. The van der Waals surface area contributed by atoms with Crippen LogP contribution in [0.4, 0.5) is 5.82 Å². The van der Waals surface area contributed by atoms with Crippen LogP contribution < -0.4 is 10.2 Å². The number of fused-ring (bicyclic) bond motifs is 1. The highest BCUT2D eigenvalue weighted by molar-refractivity contribution is 7.16. The maximum Gasteiger partial charge on any atom is 0.223 e. The first-order valence-electron chi connectivity index (χ1n) is 8.95. The van der Waals surface area contributed by atoms with Gasteiger partial charge in [0, 0.05) is 65.3 Å². The van der Waals surface area contributed by atoms with Crippen molar-refractivity contribution < 1.29 is 4.79 Å². The van der Waals surface area contributed by atoms with Gasteiger partial charge in [-0.2, -0.15) is 0 Å². The number of nitrogens with zero attached hydrogens (tertiary/aromatic N) is 5. The van der Waals surface area contributed by atoms with Crippen LogP contribution >= 0.6 is 11.3 Å². The van der Waals surface area contributed by atoms with Crippen LogP contribution in [0.25, 0.3) is 10.2 Å². The van der Waals surface area contributed by atoms with Crippen LogP contribution in [-0.4, -0.2) is 84.6 Å². The summed E-state index contributed by atoms with van der Waals surface area (Å²) in [5.74, 6) is 1.34. The number of thiophene rings is 1. The SMILES string of the molecule is O=C(CCN1CCN(c2ncnc3sccc23)CC1)N1CCNCC1. The van der Waals surface area contributed by atoms with Gasteiger partial charge in [-0.05, 0) is 11.4 Å². The monoisotopic (exact) mass is 360 g/mol. The molecule has 2 aliphatic rings. The summed E-state index contributed by atoms with van der Waals surface area (Å²) < 4.78 is 0. The Labute approximate surface area is 151 Å². The summed E-state index contributed by atoms with van der Waals surface area (Å²) in [7, 11) is 0. The van der Waals surface area contributed by atoms with Crippen LogP contribution in [0.1, 0.15) is 6.42 Å². The molecule has 2 aromatic heterocycles. The number of rotatable bonds is 4. The zero-order chi connectivity index (χ0) is 17.1. The van der Waals surface area contributed by atoms with Crippen molar-refractivity contribution in [3.05, 3.63) is 17.8 Å². The molecule has 134 valence electrons. The molecule has 2 saturated heterocycles. The smallest absolute Gasteiger partial charge is 0.223 e. The summed E-state index contributed by atoms with van der Waals surface area (Å²) in [5.41, 5.74) is 0. The van der Waals surface area contributed by atoms with Crippen molar-refractivity contribution in [3.63, 3.8) is 0 Å². The number of hydrogen-bond donors (Lipinski definition) is 1. The van der Waals surface area contributed by atoms with Crippen molar-refractivity contribution in [2.75, 3.05) is 63.8 Å². The number of nitrogens with one attached hydrogen (secondary N) is 1. The molecule has 4 rings (SSSR count). The van der Waals surface area contributed by atoms with Gasteiger partial charge < -0.3 is 15.1 Å². The second-order valence-corrected chi connectivity index (χ2v) is 7.44. The van der Waals surface area contributed by atoms with E-state index in [4.69, 9.17) is 0 Å². The molecule has 2 aromatic rings. The number of piperazine rings is 2. The highest BCUT2D eigenvalue weighted by atomic mass is 32.1. The van der Waals surface area contributed by atoms with E-state index in [1.807, 2.05) is 4.90 Å². The molecular weight excluding hydrogens is 336 g/mol. The van der Waals surface area contributed by atoms with Gasteiger partial charge in [0.2, 0.25) is 5.91 Å². The highest BCUT2D eigenvalue weighted by Gasteiger charge is 2.22. The fraction of sp³-hybridized carbons (Fsp3) is 0.588. The van der Waals surface area contributed by atoms with E-state index in [0.717, 1.165) is 74.9 Å². The Balaban J connectivity index is 1.28. The minimum Gasteiger partial charge on any atom is -0.353 e. The van der Waals surface area contributed by atoms with E-state index in [0.29, 0.717) is 12.3 Å². The van der Waals surface area contributed by atoms with Gasteiger partial charge in [-0.3, -0.25) is 9.69 Å². The predicted molar refractivity (Wildman–Crippen MR) is 100 cm³/mol. The van der Waals surface area contributed by atoms with E-state index >= 15 is 0 Å². The quantitative estimate of drug-likeness (QED) is 0.863. The molecule has 4 heterocycles. The number of aromatic nitrogens is 2. The Morgan fingerprint density at radius 3 is 2.72 bits per heavy atom. The molecule has 0 radical (unpaired) electrons. The summed E-state index contributed by atoms with van der Waals surface area (Å²) in [5, 5.41) is 6.50. The van der Waals surface area contributed by atoms with Crippen molar-refractivity contribution in [2.24, 2.45) is 0 Å².